The van der Waals surface area contributed by atoms with Gasteiger partial charge in [-0.15, -0.1) is 0 Å². The molecule has 0 saturated carbocycles. The lowest BCUT2D eigenvalue weighted by atomic mass is 9.90. The molecule has 8 heteroatoms. The Morgan fingerprint density at radius 1 is 1.35 bits per heavy atom. The number of hydrogen-bond donors (Lipinski definition) is 1. The van der Waals surface area contributed by atoms with Gasteiger partial charge in [-0.25, -0.2) is 4.39 Å². The molecule has 1 aromatic carbocycles. The van der Waals surface area contributed by atoms with E-state index >= 15 is 0 Å². The summed E-state index contributed by atoms with van der Waals surface area (Å²) in [5.74, 6) is -3.81. The Morgan fingerprint density at radius 3 is 2.65 bits per heavy atom. The van der Waals surface area contributed by atoms with Crippen molar-refractivity contribution in [2.24, 2.45) is 11.8 Å². The number of likely N-dealkylation sites (tertiary alicyclic amines) is 1. The van der Waals surface area contributed by atoms with E-state index in [2.05, 4.69) is 4.74 Å². The minimum Gasteiger partial charge on any atom is -0.481 e. The lowest BCUT2D eigenvalue weighted by molar-refractivity contribution is -0.143. The summed E-state index contributed by atoms with van der Waals surface area (Å²) >= 11 is 0. The molecule has 5 nitrogen and oxygen atoms in total. The average molecular weight is 331 g/mol. The summed E-state index contributed by atoms with van der Waals surface area (Å²) in [6, 6.07) is 2.74. The Hall–Kier alpha value is -2.25. The summed E-state index contributed by atoms with van der Waals surface area (Å²) in [5.41, 5.74) is -0.218. The molecule has 0 aromatic heterocycles. The first-order chi connectivity index (χ1) is 10.8. The van der Waals surface area contributed by atoms with Crippen molar-refractivity contribution in [2.45, 2.75) is 20.0 Å². The van der Waals surface area contributed by atoms with Gasteiger partial charge in [0.15, 0.2) is 0 Å². The van der Waals surface area contributed by atoms with E-state index in [1.807, 2.05) is 0 Å². The lowest BCUT2D eigenvalue weighted by Gasteiger charge is -2.35. The van der Waals surface area contributed by atoms with Crippen molar-refractivity contribution in [1.29, 1.82) is 0 Å². The van der Waals surface area contributed by atoms with Crippen LogP contribution < -0.4 is 4.74 Å². The highest BCUT2D eigenvalue weighted by Gasteiger charge is 2.33. The van der Waals surface area contributed by atoms with Gasteiger partial charge in [0.2, 0.25) is 0 Å². The van der Waals surface area contributed by atoms with Crippen LogP contribution >= 0.6 is 0 Å². The minimum absolute atomic E-state index is 0.0238. The third-order valence-electron chi connectivity index (χ3n) is 3.69. The molecule has 0 radical (unpaired) electrons. The number of carboxylic acids is 1. The van der Waals surface area contributed by atoms with Crippen LogP contribution in [0, 0.1) is 17.7 Å². The van der Waals surface area contributed by atoms with E-state index in [0.717, 1.165) is 12.1 Å². The van der Waals surface area contributed by atoms with Crippen molar-refractivity contribution in [3.63, 3.8) is 0 Å². The van der Waals surface area contributed by atoms with Crippen LogP contribution in [0.3, 0.4) is 0 Å². The fourth-order valence-corrected chi connectivity index (χ4v) is 2.73. The second-order valence-electron chi connectivity index (χ2n) is 5.61. The summed E-state index contributed by atoms with van der Waals surface area (Å²) in [7, 11) is 0. The van der Waals surface area contributed by atoms with Gasteiger partial charge < -0.3 is 14.7 Å². The molecule has 2 atom stereocenters. The van der Waals surface area contributed by atoms with E-state index < -0.39 is 36.0 Å². The molecule has 1 N–H and O–H groups in total. The molecular formula is C15H16F3NO4. The second kappa shape index (κ2) is 6.89. The Kier molecular flexibility index (Phi) is 5.12. The topological polar surface area (TPSA) is 66.8 Å². The predicted molar refractivity (Wildman–Crippen MR) is 73.8 cm³/mol. The standard InChI is InChI=1S/C15H16F3NO4/c1-8-4-9(14(21)22)7-19(6-8)13(20)11-3-2-10(16)5-12(11)23-15(17)18/h2-3,5,8-9,15H,4,6-7H2,1H3,(H,21,22). The van der Waals surface area contributed by atoms with Crippen LogP contribution in [-0.4, -0.2) is 41.6 Å². The van der Waals surface area contributed by atoms with Crippen LogP contribution in [0.15, 0.2) is 18.2 Å². The summed E-state index contributed by atoms with van der Waals surface area (Å²) in [6.45, 7) is -1.12. The summed E-state index contributed by atoms with van der Waals surface area (Å²) in [6.07, 6.45) is 0.433. The number of hydrogen-bond acceptors (Lipinski definition) is 3. The molecule has 2 rings (SSSR count). The number of carbonyl (C=O) groups is 2. The number of piperidine rings is 1. The van der Waals surface area contributed by atoms with Gasteiger partial charge in [0.05, 0.1) is 11.5 Å². The fraction of sp³-hybridized carbons (Fsp3) is 0.467. The van der Waals surface area contributed by atoms with E-state index in [1.54, 1.807) is 6.92 Å². The number of ether oxygens (including phenoxy) is 1. The maximum Gasteiger partial charge on any atom is 0.387 e. The Morgan fingerprint density at radius 2 is 2.04 bits per heavy atom. The molecule has 1 aliphatic heterocycles. The number of benzene rings is 1. The van der Waals surface area contributed by atoms with Gasteiger partial charge >= 0.3 is 12.6 Å². The minimum atomic E-state index is -3.20. The van der Waals surface area contributed by atoms with Crippen LogP contribution in [0.25, 0.3) is 0 Å². The number of halogens is 3. The van der Waals surface area contributed by atoms with Gasteiger partial charge in [-0.1, -0.05) is 6.92 Å². The maximum atomic E-state index is 13.2. The molecule has 1 amide bonds. The van der Waals surface area contributed by atoms with E-state index in [4.69, 9.17) is 5.11 Å². The molecule has 126 valence electrons. The van der Waals surface area contributed by atoms with Gasteiger partial charge in [0, 0.05) is 19.2 Å². The van der Waals surface area contributed by atoms with Crippen molar-refractivity contribution in [1.82, 2.24) is 4.90 Å². The van der Waals surface area contributed by atoms with Gasteiger partial charge in [0.1, 0.15) is 11.6 Å². The molecule has 1 aliphatic rings. The monoisotopic (exact) mass is 331 g/mol. The Bertz CT molecular complexity index is 608. The zero-order valence-corrected chi connectivity index (χ0v) is 12.3. The maximum absolute atomic E-state index is 13.2. The smallest absolute Gasteiger partial charge is 0.387 e. The third-order valence-corrected chi connectivity index (χ3v) is 3.69. The molecule has 23 heavy (non-hydrogen) atoms. The first kappa shape index (κ1) is 17.1. The van der Waals surface area contributed by atoms with Crippen molar-refractivity contribution in [3.8, 4) is 5.75 Å². The number of carbonyl (C=O) groups excluding carboxylic acids is 1. The highest BCUT2D eigenvalue weighted by atomic mass is 19.3. The molecular weight excluding hydrogens is 315 g/mol. The lowest BCUT2D eigenvalue weighted by Crippen LogP contribution is -2.45. The second-order valence-corrected chi connectivity index (χ2v) is 5.61. The molecule has 1 fully saturated rings. The SMILES string of the molecule is CC1CC(C(=O)O)CN(C(=O)c2ccc(F)cc2OC(F)F)C1. The molecule has 0 aliphatic carbocycles. The van der Waals surface area contributed by atoms with E-state index in [9.17, 15) is 22.8 Å². The first-order valence-electron chi connectivity index (χ1n) is 7.04. The molecule has 0 bridgehead atoms. The summed E-state index contributed by atoms with van der Waals surface area (Å²) < 4.78 is 42.2. The predicted octanol–water partition coefficient (Wildman–Crippen LogP) is 2.61. The van der Waals surface area contributed by atoms with Crippen LogP contribution in [0.1, 0.15) is 23.7 Å². The highest BCUT2D eigenvalue weighted by Crippen LogP contribution is 2.27. The number of carboxylic acid groups (broad SMARTS) is 1. The number of aliphatic carboxylic acids is 1. The van der Waals surface area contributed by atoms with E-state index in [-0.39, 0.29) is 18.0 Å². The number of nitrogens with zero attached hydrogens (tertiary/aromatic N) is 1. The van der Waals surface area contributed by atoms with Crippen LogP contribution in [0.4, 0.5) is 13.2 Å². The number of rotatable bonds is 4. The summed E-state index contributed by atoms with van der Waals surface area (Å²) in [4.78, 5) is 24.9. The van der Waals surface area contributed by atoms with Crippen LogP contribution in [0.5, 0.6) is 5.75 Å². The zero-order valence-electron chi connectivity index (χ0n) is 12.3. The average Bonchev–Trinajstić information content (AvgIpc) is 2.45. The Balaban J connectivity index is 2.27. The van der Waals surface area contributed by atoms with Crippen molar-refractivity contribution in [2.75, 3.05) is 13.1 Å². The van der Waals surface area contributed by atoms with Crippen molar-refractivity contribution in [3.05, 3.63) is 29.6 Å². The van der Waals surface area contributed by atoms with Gasteiger partial charge in [0.25, 0.3) is 5.91 Å². The number of alkyl halides is 2. The van der Waals surface area contributed by atoms with Gasteiger partial charge in [-0.05, 0) is 24.5 Å². The largest absolute Gasteiger partial charge is 0.481 e. The fourth-order valence-electron chi connectivity index (χ4n) is 2.73. The van der Waals surface area contributed by atoms with Gasteiger partial charge in [-0.2, -0.15) is 8.78 Å². The van der Waals surface area contributed by atoms with Crippen molar-refractivity contribution >= 4 is 11.9 Å². The van der Waals surface area contributed by atoms with Crippen molar-refractivity contribution < 1.29 is 32.6 Å². The highest BCUT2D eigenvalue weighted by molar-refractivity contribution is 5.97. The first-order valence-corrected chi connectivity index (χ1v) is 7.04. The molecule has 1 heterocycles. The van der Waals surface area contributed by atoms with Crippen LogP contribution in [0.2, 0.25) is 0 Å². The number of amides is 1. The molecule has 1 aromatic rings. The zero-order chi connectivity index (χ0) is 17.1. The molecule has 2 unspecified atom stereocenters. The quantitative estimate of drug-likeness (QED) is 0.921. The third kappa shape index (κ3) is 4.14. The summed E-state index contributed by atoms with van der Waals surface area (Å²) in [5, 5.41) is 9.12. The molecule has 1 saturated heterocycles. The van der Waals surface area contributed by atoms with E-state index in [1.165, 1.54) is 4.90 Å². The van der Waals surface area contributed by atoms with E-state index in [0.29, 0.717) is 19.0 Å². The Labute approximate surface area is 130 Å². The normalized spacial score (nSPS) is 21.3. The van der Waals surface area contributed by atoms with Gasteiger partial charge in [-0.3, -0.25) is 9.59 Å². The van der Waals surface area contributed by atoms with Crippen LogP contribution in [-0.2, 0) is 4.79 Å². The molecule has 0 spiro atoms.